The Labute approximate surface area is 84.2 Å². The first-order chi connectivity index (χ1) is 1.41. The molecule has 3 heteroatoms. The summed E-state index contributed by atoms with van der Waals surface area (Å²) in [5, 5.41) is 0. The molecular formula is C2H3Br2Yb. The third-order valence-electron chi connectivity index (χ3n) is 0. The largest absolute Gasteiger partial charge is 1.00 e. The fraction of sp³-hybridized carbons (Fsp3) is 0. The van der Waals surface area contributed by atoms with Crippen molar-refractivity contribution in [3.8, 4) is 0 Å². The van der Waals surface area contributed by atoms with Crippen LogP contribution in [0.4, 0.5) is 0 Å². The Morgan fingerprint density at radius 2 is 1.40 bits per heavy atom. The fourth-order valence-corrected chi connectivity index (χ4v) is 0. The maximum atomic E-state index is 3.30. The van der Waals surface area contributed by atoms with Gasteiger partial charge in [0.1, 0.15) is 0 Å². The second-order valence-electron chi connectivity index (χ2n) is 0.109. The summed E-state index contributed by atoms with van der Waals surface area (Å²) in [7, 11) is 0. The molecule has 0 radical (unpaired) electrons. The van der Waals surface area contributed by atoms with Gasteiger partial charge in [0, 0.05) is 0 Å². The average molecular weight is 360 g/mol. The molecular weight excluding hydrogens is 357 g/mol. The summed E-state index contributed by atoms with van der Waals surface area (Å²) in [6.07, 6.45) is 0. The van der Waals surface area contributed by atoms with Crippen LogP contribution in [0.15, 0.2) is 7.41 Å². The van der Waals surface area contributed by atoms with Gasteiger partial charge in [-0.1, -0.05) is 0 Å². The second kappa shape index (κ2) is 16.3. The Kier molecular flexibility index (Phi) is 51.3. The van der Waals surface area contributed by atoms with Crippen molar-refractivity contribution in [2.75, 3.05) is 0 Å². The van der Waals surface area contributed by atoms with Crippen molar-refractivity contribution in [1.29, 1.82) is 0 Å². The standard InChI is InChI=1S/C2H3.2BrH.Yb/c1-2;;;/h1H,2H2;2*1H;/q;;;+2/p-2. The molecule has 0 spiro atoms. The maximum absolute atomic E-state index is 3.30. The van der Waals surface area contributed by atoms with Crippen molar-refractivity contribution in [3.05, 3.63) is 7.41 Å². The molecule has 0 aromatic carbocycles. The van der Waals surface area contributed by atoms with Crippen molar-refractivity contribution in [3.63, 3.8) is 0 Å². The van der Waals surface area contributed by atoms with Crippen LogP contribution in [0.1, 0.15) is 0 Å². The smallest absolute Gasteiger partial charge is 1.00 e. The predicted octanol–water partition coefficient (Wildman–Crippen LogP) is -5.31. The van der Waals surface area contributed by atoms with Crippen molar-refractivity contribution in [2.24, 2.45) is 0 Å². The first-order valence-corrected chi connectivity index (χ1v) is 1.55. The topological polar surface area (TPSA) is 0 Å². The average Bonchev–Trinajstić information content (AvgIpc) is 0.918. The Bertz CT molecular complexity index is 15.1. The van der Waals surface area contributed by atoms with Gasteiger partial charge in [-0.05, 0) is 0 Å². The first kappa shape index (κ1) is 15.7. The molecule has 0 unspecified atom stereocenters. The summed E-state index contributed by atoms with van der Waals surface area (Å²) in [6.45, 7) is 3.30. The maximum Gasteiger partial charge on any atom is -1.00 e. The Hall–Kier alpha value is 2.22. The zero-order valence-electron chi connectivity index (χ0n) is 2.31. The normalized spacial score (nSPS) is 2.80. The third kappa shape index (κ3) is 22.5. The molecule has 0 aliphatic heterocycles. The minimum atomic E-state index is 0. The first-order valence-electron chi connectivity index (χ1n) is 0.563. The van der Waals surface area contributed by atoms with Crippen molar-refractivity contribution < 1.29 is 78.6 Å². The zero-order valence-corrected chi connectivity index (χ0v) is 7.19. The Morgan fingerprint density at radius 1 is 1.40 bits per heavy atom. The van der Waals surface area contributed by atoms with E-state index < -0.39 is 0 Å². The van der Waals surface area contributed by atoms with E-state index in [1.54, 1.807) is 0.834 Å². The van der Waals surface area contributed by atoms with E-state index in [1.807, 2.05) is 0 Å². The van der Waals surface area contributed by atoms with E-state index in [1.165, 1.54) is 0 Å². The summed E-state index contributed by atoms with van der Waals surface area (Å²) in [5.74, 6) is 0. The summed E-state index contributed by atoms with van der Waals surface area (Å²) in [6, 6.07) is 0. The number of hydrogen-bond donors (Lipinski definition) is 0. The molecule has 0 fully saturated rings. The molecule has 0 aliphatic rings. The van der Waals surface area contributed by atoms with Gasteiger partial charge in [-0.2, -0.15) is 0 Å². The summed E-state index contributed by atoms with van der Waals surface area (Å²) in [5.41, 5.74) is 0. The quantitative estimate of drug-likeness (QED) is 0.405. The molecule has 5 heavy (non-hydrogen) atoms. The van der Waals surface area contributed by atoms with Gasteiger partial charge < -0.3 is 34.0 Å². The van der Waals surface area contributed by atoms with Crippen LogP contribution >= 0.6 is 0 Å². The van der Waals surface area contributed by atoms with Crippen LogP contribution in [0.3, 0.4) is 0 Å². The second-order valence-corrected chi connectivity index (χ2v) is 0.809. The molecule has 0 rings (SSSR count). The van der Waals surface area contributed by atoms with Gasteiger partial charge in [-0.15, -0.1) is 0 Å². The minimum absolute atomic E-state index is 0. The van der Waals surface area contributed by atoms with Gasteiger partial charge in [0.2, 0.25) is 0 Å². The molecule has 0 heterocycles. The van der Waals surface area contributed by atoms with E-state index in [0.29, 0.717) is 0 Å². The van der Waals surface area contributed by atoms with E-state index in [4.69, 9.17) is 0 Å². The van der Waals surface area contributed by atoms with Gasteiger partial charge in [0.25, 0.3) is 0 Å². The molecule has 0 saturated heterocycles. The van der Waals surface area contributed by atoms with E-state index in [-0.39, 0.29) is 34.0 Å². The molecule has 0 saturated carbocycles. The van der Waals surface area contributed by atoms with Crippen LogP contribution in [-0.2, 0) is 0 Å². The summed E-state index contributed by atoms with van der Waals surface area (Å²) in [4.78, 5) is 0. The van der Waals surface area contributed by atoms with Gasteiger partial charge in [0.05, 0.1) is 0 Å². The van der Waals surface area contributed by atoms with E-state index >= 15 is 0 Å². The molecule has 0 atom stereocenters. The number of halogens is 2. The molecule has 39 valence electrons. The minimum Gasteiger partial charge on any atom is -1.00 e. The van der Waals surface area contributed by atoms with E-state index in [2.05, 4.69) is 51.2 Å². The van der Waals surface area contributed by atoms with Crippen LogP contribution < -0.4 is 34.0 Å². The number of hydrogen-bond acceptors (Lipinski definition) is 0. The molecule has 0 bridgehead atoms. The van der Waals surface area contributed by atoms with Crippen LogP contribution in [0.2, 0.25) is 0 Å². The molecule has 0 N–H and O–H groups in total. The zero-order chi connectivity index (χ0) is 2.71. The molecule has 0 amide bonds. The van der Waals surface area contributed by atoms with Gasteiger partial charge in [0.15, 0.2) is 0 Å². The van der Waals surface area contributed by atoms with E-state index in [9.17, 15) is 0 Å². The van der Waals surface area contributed by atoms with Crippen LogP contribution in [0.5, 0.6) is 0 Å². The molecule has 0 aliphatic carbocycles. The van der Waals surface area contributed by atoms with Crippen molar-refractivity contribution >= 4 is 0 Å². The van der Waals surface area contributed by atoms with Gasteiger partial charge in [-0.25, -0.2) is 0 Å². The molecule has 0 aromatic heterocycles. The van der Waals surface area contributed by atoms with Gasteiger partial charge in [-0.3, -0.25) is 0 Å². The van der Waals surface area contributed by atoms with Gasteiger partial charge >= 0.3 is 52.1 Å². The third-order valence-corrected chi connectivity index (χ3v) is 0. The van der Waals surface area contributed by atoms with E-state index in [0.717, 1.165) is 0 Å². The predicted molar refractivity (Wildman–Crippen MR) is 10.2 cm³/mol. The van der Waals surface area contributed by atoms with Crippen LogP contribution in [0, 0.1) is 44.6 Å². The summed E-state index contributed by atoms with van der Waals surface area (Å²) < 4.78 is 1.61. The summed E-state index contributed by atoms with van der Waals surface area (Å²) >= 11 is 2.65. The SMILES string of the molecule is C=[CH][Yb+2].[Br-].[Br-]. The van der Waals surface area contributed by atoms with Crippen LogP contribution in [0.25, 0.3) is 0 Å². The van der Waals surface area contributed by atoms with Crippen molar-refractivity contribution in [1.82, 2.24) is 0 Å². The molecule has 0 aromatic rings. The number of rotatable bonds is 0. The fourth-order valence-electron chi connectivity index (χ4n) is 0. The Morgan fingerprint density at radius 3 is 1.40 bits per heavy atom. The van der Waals surface area contributed by atoms with Crippen molar-refractivity contribution in [2.45, 2.75) is 0 Å². The molecule has 0 nitrogen and oxygen atoms in total. The monoisotopic (exact) mass is 359 g/mol. The van der Waals surface area contributed by atoms with Crippen LogP contribution in [-0.4, -0.2) is 0 Å². The Balaban J connectivity index is -0.0000000200.